The van der Waals surface area contributed by atoms with Crippen LogP contribution in [-0.2, 0) is 4.74 Å². The van der Waals surface area contributed by atoms with Gasteiger partial charge >= 0.3 is 5.97 Å². The standard InChI is InChI=1S/C14H22NO4/c1-15(2,3)9-10-19-14(16)11-7-6-8-12(17-4)13(11)18-5/h6-8H,9-10H2,1-5H3/q+1. The van der Waals surface area contributed by atoms with Gasteiger partial charge in [-0.2, -0.15) is 0 Å². The van der Waals surface area contributed by atoms with E-state index in [1.807, 2.05) is 21.1 Å². The summed E-state index contributed by atoms with van der Waals surface area (Å²) in [7, 11) is 9.16. The van der Waals surface area contributed by atoms with Crippen LogP contribution in [0.4, 0.5) is 0 Å². The molecule has 0 heterocycles. The van der Waals surface area contributed by atoms with Crippen molar-refractivity contribution in [2.24, 2.45) is 0 Å². The Morgan fingerprint density at radius 2 is 1.84 bits per heavy atom. The molecule has 0 N–H and O–H groups in total. The van der Waals surface area contributed by atoms with Gasteiger partial charge < -0.3 is 18.7 Å². The third kappa shape index (κ3) is 4.44. The minimum absolute atomic E-state index is 0.364. The highest BCUT2D eigenvalue weighted by atomic mass is 16.5. The summed E-state index contributed by atoms with van der Waals surface area (Å²) in [5.74, 6) is 0.521. The highest BCUT2D eigenvalue weighted by molar-refractivity contribution is 5.93. The molecule has 0 aliphatic heterocycles. The topological polar surface area (TPSA) is 44.8 Å². The maximum absolute atomic E-state index is 12.0. The SMILES string of the molecule is COc1cccc(C(=O)OCC[N+](C)(C)C)c1OC. The Labute approximate surface area is 114 Å². The molecule has 0 saturated carbocycles. The van der Waals surface area contributed by atoms with E-state index in [4.69, 9.17) is 14.2 Å². The lowest BCUT2D eigenvalue weighted by Crippen LogP contribution is -2.38. The lowest BCUT2D eigenvalue weighted by Gasteiger charge is -2.23. The lowest BCUT2D eigenvalue weighted by atomic mass is 10.2. The second-order valence-corrected chi connectivity index (χ2v) is 5.19. The predicted octanol–water partition coefficient (Wildman–Crippen LogP) is 1.57. The van der Waals surface area contributed by atoms with Crippen LogP contribution in [-0.4, -0.2) is 59.0 Å². The number of para-hydroxylation sites is 1. The number of benzene rings is 1. The lowest BCUT2D eigenvalue weighted by molar-refractivity contribution is -0.870. The van der Waals surface area contributed by atoms with Crippen LogP contribution < -0.4 is 9.47 Å². The third-order valence-corrected chi connectivity index (χ3v) is 2.62. The maximum Gasteiger partial charge on any atom is 0.342 e. The van der Waals surface area contributed by atoms with Gasteiger partial charge in [-0.1, -0.05) is 6.07 Å². The fourth-order valence-corrected chi connectivity index (χ4v) is 1.54. The number of quaternary nitrogens is 1. The van der Waals surface area contributed by atoms with E-state index in [2.05, 4.69) is 0 Å². The fourth-order valence-electron chi connectivity index (χ4n) is 1.54. The molecule has 0 atom stereocenters. The predicted molar refractivity (Wildman–Crippen MR) is 72.7 cm³/mol. The summed E-state index contributed by atoms with van der Waals surface area (Å²) in [4.78, 5) is 12.0. The zero-order valence-electron chi connectivity index (χ0n) is 12.2. The van der Waals surface area contributed by atoms with Crippen LogP contribution in [0.25, 0.3) is 0 Å². The Morgan fingerprint density at radius 3 is 2.37 bits per heavy atom. The van der Waals surface area contributed by atoms with Crippen molar-refractivity contribution in [3.63, 3.8) is 0 Å². The third-order valence-electron chi connectivity index (χ3n) is 2.62. The summed E-state index contributed by atoms with van der Waals surface area (Å²) in [5.41, 5.74) is 0.378. The number of carbonyl (C=O) groups is 1. The van der Waals surface area contributed by atoms with Gasteiger partial charge in [-0.05, 0) is 12.1 Å². The van der Waals surface area contributed by atoms with Gasteiger partial charge in [0.1, 0.15) is 18.7 Å². The van der Waals surface area contributed by atoms with Crippen LogP contribution in [0, 0.1) is 0 Å². The first-order valence-corrected chi connectivity index (χ1v) is 6.07. The van der Waals surface area contributed by atoms with E-state index in [0.29, 0.717) is 23.7 Å². The second kappa shape index (κ2) is 6.43. The molecule has 1 aromatic carbocycles. The van der Waals surface area contributed by atoms with E-state index in [1.165, 1.54) is 14.2 Å². The minimum Gasteiger partial charge on any atom is -0.493 e. The number of hydrogen-bond acceptors (Lipinski definition) is 4. The summed E-state index contributed by atoms with van der Waals surface area (Å²) in [6, 6.07) is 5.13. The molecule has 0 aromatic heterocycles. The summed E-state index contributed by atoms with van der Waals surface area (Å²) in [6.45, 7) is 1.11. The molecule has 0 amide bonds. The first-order valence-electron chi connectivity index (χ1n) is 6.07. The van der Waals surface area contributed by atoms with Crippen LogP contribution >= 0.6 is 0 Å². The number of esters is 1. The van der Waals surface area contributed by atoms with Crippen molar-refractivity contribution < 1.29 is 23.5 Å². The van der Waals surface area contributed by atoms with Gasteiger partial charge in [-0.15, -0.1) is 0 Å². The number of methoxy groups -OCH3 is 2. The van der Waals surface area contributed by atoms with Gasteiger partial charge in [0, 0.05) is 0 Å². The van der Waals surface area contributed by atoms with Crippen molar-refractivity contribution in [3.8, 4) is 11.5 Å². The molecule has 0 aliphatic carbocycles. The van der Waals surface area contributed by atoms with Crippen LogP contribution in [0.3, 0.4) is 0 Å². The first kappa shape index (κ1) is 15.3. The molecule has 0 bridgehead atoms. The Morgan fingerprint density at radius 1 is 1.16 bits per heavy atom. The van der Waals surface area contributed by atoms with E-state index >= 15 is 0 Å². The molecule has 106 valence electrons. The van der Waals surface area contributed by atoms with Gasteiger partial charge in [0.15, 0.2) is 11.5 Å². The number of carbonyl (C=O) groups excluding carboxylic acids is 1. The molecule has 5 heteroatoms. The molecular weight excluding hydrogens is 246 g/mol. The van der Waals surface area contributed by atoms with E-state index < -0.39 is 5.97 Å². The average molecular weight is 268 g/mol. The Kier molecular flexibility index (Phi) is 5.18. The van der Waals surface area contributed by atoms with Crippen LogP contribution in [0.15, 0.2) is 18.2 Å². The second-order valence-electron chi connectivity index (χ2n) is 5.19. The number of ether oxygens (including phenoxy) is 3. The summed E-state index contributed by atoms with van der Waals surface area (Å²) in [5, 5.41) is 0. The smallest absolute Gasteiger partial charge is 0.342 e. The normalized spacial score (nSPS) is 11.0. The maximum atomic E-state index is 12.0. The van der Waals surface area contributed by atoms with Gasteiger partial charge in [0.05, 0.1) is 35.4 Å². The van der Waals surface area contributed by atoms with Gasteiger partial charge in [-0.3, -0.25) is 0 Å². The molecule has 1 rings (SSSR count). The zero-order chi connectivity index (χ0) is 14.5. The molecular formula is C14H22NO4+. The van der Waals surface area contributed by atoms with Crippen LogP contribution in [0.1, 0.15) is 10.4 Å². The Balaban J connectivity index is 2.77. The quantitative estimate of drug-likeness (QED) is 0.580. The molecule has 5 nitrogen and oxygen atoms in total. The fraction of sp³-hybridized carbons (Fsp3) is 0.500. The molecule has 0 aliphatic rings. The molecule has 19 heavy (non-hydrogen) atoms. The summed E-state index contributed by atoms with van der Waals surface area (Å²) in [6.07, 6.45) is 0. The number of likely N-dealkylation sites (N-methyl/N-ethyl adjacent to an activating group) is 1. The Hall–Kier alpha value is -1.75. The van der Waals surface area contributed by atoms with Gasteiger partial charge in [-0.25, -0.2) is 4.79 Å². The number of rotatable bonds is 6. The summed E-state index contributed by atoms with van der Waals surface area (Å²) < 4.78 is 16.4. The molecule has 0 fully saturated rings. The molecule has 0 spiro atoms. The highest BCUT2D eigenvalue weighted by Gasteiger charge is 2.18. The van der Waals surface area contributed by atoms with Gasteiger partial charge in [0.2, 0.25) is 0 Å². The number of hydrogen-bond donors (Lipinski definition) is 0. The van der Waals surface area contributed by atoms with Crippen molar-refractivity contribution >= 4 is 5.97 Å². The average Bonchev–Trinajstić information content (AvgIpc) is 2.35. The van der Waals surface area contributed by atoms with E-state index in [9.17, 15) is 4.79 Å². The van der Waals surface area contributed by atoms with E-state index in [1.54, 1.807) is 18.2 Å². The molecule has 0 radical (unpaired) electrons. The van der Waals surface area contributed by atoms with Gasteiger partial charge in [0.25, 0.3) is 0 Å². The first-order chi connectivity index (χ1) is 8.89. The zero-order valence-corrected chi connectivity index (χ0v) is 12.2. The summed E-state index contributed by atoms with van der Waals surface area (Å²) >= 11 is 0. The monoisotopic (exact) mass is 268 g/mol. The van der Waals surface area contributed by atoms with E-state index in [-0.39, 0.29) is 0 Å². The van der Waals surface area contributed by atoms with Crippen molar-refractivity contribution in [3.05, 3.63) is 23.8 Å². The Bertz CT molecular complexity index is 438. The highest BCUT2D eigenvalue weighted by Crippen LogP contribution is 2.30. The van der Waals surface area contributed by atoms with E-state index in [0.717, 1.165) is 11.0 Å². The van der Waals surface area contributed by atoms with Crippen molar-refractivity contribution in [1.82, 2.24) is 0 Å². The molecule has 0 saturated heterocycles. The van der Waals surface area contributed by atoms with Crippen LogP contribution in [0.2, 0.25) is 0 Å². The minimum atomic E-state index is -0.399. The van der Waals surface area contributed by atoms with Crippen molar-refractivity contribution in [2.45, 2.75) is 0 Å². The van der Waals surface area contributed by atoms with Crippen molar-refractivity contribution in [2.75, 3.05) is 48.5 Å². The number of nitrogens with zero attached hydrogens (tertiary/aromatic N) is 1. The van der Waals surface area contributed by atoms with Crippen LogP contribution in [0.5, 0.6) is 11.5 Å². The molecule has 1 aromatic rings. The van der Waals surface area contributed by atoms with Crippen molar-refractivity contribution in [1.29, 1.82) is 0 Å². The largest absolute Gasteiger partial charge is 0.493 e. The molecule has 0 unspecified atom stereocenters.